The monoisotopic (exact) mass is 426 g/mol. The second kappa shape index (κ2) is 6.38. The summed E-state index contributed by atoms with van der Waals surface area (Å²) in [5.74, 6) is 1.60. The van der Waals surface area contributed by atoms with Crippen LogP contribution in [0.15, 0.2) is 17.3 Å². The number of aromatic hydroxyl groups is 1. The van der Waals surface area contributed by atoms with E-state index in [0.717, 1.165) is 43.1 Å². The van der Waals surface area contributed by atoms with Gasteiger partial charge in [-0.2, -0.15) is 0 Å². The average molecular weight is 427 g/mol. The van der Waals surface area contributed by atoms with Crippen molar-refractivity contribution in [2.24, 2.45) is 11.1 Å². The van der Waals surface area contributed by atoms with Crippen molar-refractivity contribution < 1.29 is 19.8 Å². The Morgan fingerprint density at radius 2 is 2.06 bits per heavy atom. The lowest BCUT2D eigenvalue weighted by Gasteiger charge is -2.63. The van der Waals surface area contributed by atoms with Gasteiger partial charge in [0.25, 0.3) is 0 Å². The van der Waals surface area contributed by atoms with Crippen LogP contribution in [0.1, 0.15) is 70.4 Å². The maximum atomic E-state index is 12.4. The van der Waals surface area contributed by atoms with Crippen molar-refractivity contribution in [3.63, 3.8) is 0 Å². The van der Waals surface area contributed by atoms with Gasteiger partial charge in [0, 0.05) is 11.6 Å². The molecule has 0 radical (unpaired) electrons. The highest BCUT2D eigenvalue weighted by atomic mass is 16.6. The minimum absolute atomic E-state index is 0.0826. The van der Waals surface area contributed by atoms with E-state index in [9.17, 15) is 10.2 Å². The molecule has 1 saturated heterocycles. The minimum atomic E-state index is -0.883. The summed E-state index contributed by atoms with van der Waals surface area (Å²) in [5.41, 5.74) is 1.26. The van der Waals surface area contributed by atoms with Gasteiger partial charge in [-0.05, 0) is 83.5 Å². The highest BCUT2D eigenvalue weighted by Crippen LogP contribution is 2.65. The molecule has 3 fully saturated rings. The third-order valence-electron chi connectivity index (χ3n) is 8.35. The van der Waals surface area contributed by atoms with Crippen LogP contribution in [0, 0.1) is 5.92 Å². The summed E-state index contributed by atoms with van der Waals surface area (Å²) in [5, 5.41) is 27.6. The fraction of sp³-hybridized carbons (Fsp3) is 0.720. The van der Waals surface area contributed by atoms with Gasteiger partial charge in [0.15, 0.2) is 17.6 Å². The van der Waals surface area contributed by atoms with Gasteiger partial charge < -0.3 is 19.8 Å². The van der Waals surface area contributed by atoms with Gasteiger partial charge in [-0.1, -0.05) is 24.1 Å². The SMILES string of the molecule is CC(C)(C)ON=C1CCC2(O)[C@H]3Cc4ccc(O)c5c4[C@@]2(CCN3CCC2CC2)[C@H]1O5. The van der Waals surface area contributed by atoms with Gasteiger partial charge >= 0.3 is 0 Å². The van der Waals surface area contributed by atoms with Crippen LogP contribution in [-0.2, 0) is 16.7 Å². The molecule has 0 amide bonds. The molecule has 4 atom stereocenters. The van der Waals surface area contributed by atoms with Gasteiger partial charge in [0.1, 0.15) is 5.60 Å². The molecule has 3 aliphatic carbocycles. The summed E-state index contributed by atoms with van der Waals surface area (Å²) < 4.78 is 6.46. The Labute approximate surface area is 184 Å². The number of likely N-dealkylation sites (tertiary alicyclic amines) is 1. The van der Waals surface area contributed by atoms with Crippen LogP contribution in [0.2, 0.25) is 0 Å². The first-order chi connectivity index (χ1) is 14.7. The zero-order valence-corrected chi connectivity index (χ0v) is 18.9. The van der Waals surface area contributed by atoms with Crippen LogP contribution >= 0.6 is 0 Å². The predicted molar refractivity (Wildman–Crippen MR) is 118 cm³/mol. The molecule has 1 unspecified atom stereocenters. The molecule has 6 rings (SSSR count). The largest absolute Gasteiger partial charge is 0.504 e. The van der Waals surface area contributed by atoms with E-state index in [1.54, 1.807) is 6.07 Å². The molecule has 2 N–H and O–H groups in total. The summed E-state index contributed by atoms with van der Waals surface area (Å²) in [4.78, 5) is 8.35. The third kappa shape index (κ3) is 2.73. The van der Waals surface area contributed by atoms with Gasteiger partial charge in [-0.3, -0.25) is 4.90 Å². The summed E-state index contributed by atoms with van der Waals surface area (Å²) in [6.45, 7) is 7.96. The average Bonchev–Trinajstić information content (AvgIpc) is 3.46. The number of piperidine rings is 1. The first-order valence-corrected chi connectivity index (χ1v) is 12.0. The molecule has 1 spiro atoms. The molecule has 2 heterocycles. The Morgan fingerprint density at radius 3 is 2.81 bits per heavy atom. The van der Waals surface area contributed by atoms with Crippen molar-refractivity contribution in [2.75, 3.05) is 13.1 Å². The highest BCUT2D eigenvalue weighted by molar-refractivity contribution is 5.94. The van der Waals surface area contributed by atoms with Crippen molar-refractivity contribution in [3.05, 3.63) is 23.3 Å². The van der Waals surface area contributed by atoms with Crippen LogP contribution in [0.5, 0.6) is 11.5 Å². The Kier molecular flexibility index (Phi) is 4.09. The Bertz CT molecular complexity index is 950. The first kappa shape index (κ1) is 19.9. The number of ether oxygens (including phenoxy) is 1. The van der Waals surface area contributed by atoms with Gasteiger partial charge in [-0.15, -0.1) is 0 Å². The number of rotatable bonds is 4. The molecule has 2 bridgehead atoms. The van der Waals surface area contributed by atoms with E-state index in [-0.39, 0.29) is 17.9 Å². The lowest BCUT2D eigenvalue weighted by Crippen LogP contribution is -2.76. The van der Waals surface area contributed by atoms with Crippen LogP contribution < -0.4 is 4.74 Å². The Balaban J connectivity index is 1.45. The molecule has 1 aromatic rings. The third-order valence-corrected chi connectivity index (χ3v) is 8.35. The lowest BCUT2D eigenvalue weighted by molar-refractivity contribution is -0.167. The van der Waals surface area contributed by atoms with Crippen LogP contribution in [0.4, 0.5) is 0 Å². The van der Waals surface area contributed by atoms with E-state index >= 15 is 0 Å². The van der Waals surface area contributed by atoms with Gasteiger partial charge in [0.05, 0.1) is 16.7 Å². The van der Waals surface area contributed by atoms with E-state index in [4.69, 9.17) is 9.57 Å². The van der Waals surface area contributed by atoms with E-state index in [1.165, 1.54) is 24.8 Å². The maximum absolute atomic E-state index is 12.4. The normalized spacial score (nSPS) is 37.5. The van der Waals surface area contributed by atoms with Gasteiger partial charge in [0.2, 0.25) is 0 Å². The number of phenolic OH excluding ortho intramolecular Hbond substituents is 1. The molecule has 6 heteroatoms. The number of benzene rings is 1. The lowest BCUT2D eigenvalue weighted by atomic mass is 9.49. The summed E-state index contributed by atoms with van der Waals surface area (Å²) in [7, 11) is 0. The highest BCUT2D eigenvalue weighted by Gasteiger charge is 2.72. The van der Waals surface area contributed by atoms with Crippen molar-refractivity contribution in [3.8, 4) is 11.5 Å². The molecule has 31 heavy (non-hydrogen) atoms. The Hall–Kier alpha value is -1.79. The van der Waals surface area contributed by atoms with Crippen LogP contribution in [-0.4, -0.2) is 57.3 Å². The second-order valence-corrected chi connectivity index (χ2v) is 11.4. The number of nitrogens with zero attached hydrogens (tertiary/aromatic N) is 2. The van der Waals surface area contributed by atoms with E-state index in [1.807, 2.05) is 26.8 Å². The molecule has 2 aliphatic heterocycles. The number of phenols is 1. The maximum Gasteiger partial charge on any atom is 0.166 e. The molecule has 6 nitrogen and oxygen atoms in total. The van der Waals surface area contributed by atoms with Crippen molar-refractivity contribution in [1.29, 1.82) is 0 Å². The van der Waals surface area contributed by atoms with Crippen molar-refractivity contribution >= 4 is 5.71 Å². The van der Waals surface area contributed by atoms with Gasteiger partial charge in [-0.25, -0.2) is 0 Å². The second-order valence-electron chi connectivity index (χ2n) is 11.4. The topological polar surface area (TPSA) is 74.5 Å². The van der Waals surface area contributed by atoms with E-state index < -0.39 is 16.6 Å². The molecule has 168 valence electrons. The molecule has 0 aromatic heterocycles. The number of oxime groups is 1. The van der Waals surface area contributed by atoms with E-state index in [0.29, 0.717) is 18.6 Å². The molecule has 5 aliphatic rings. The van der Waals surface area contributed by atoms with E-state index in [2.05, 4.69) is 10.1 Å². The summed E-state index contributed by atoms with van der Waals surface area (Å²) in [6.07, 6.45) is 6.50. The molecular weight excluding hydrogens is 392 g/mol. The van der Waals surface area contributed by atoms with Crippen LogP contribution in [0.3, 0.4) is 0 Å². The first-order valence-electron chi connectivity index (χ1n) is 12.0. The molecular formula is C25H34N2O4. The molecule has 2 saturated carbocycles. The molecule has 1 aromatic carbocycles. The van der Waals surface area contributed by atoms with Crippen LogP contribution in [0.25, 0.3) is 0 Å². The predicted octanol–water partition coefficient (Wildman–Crippen LogP) is 3.52. The minimum Gasteiger partial charge on any atom is -0.504 e. The standard InChI is InChI=1S/C25H34N2O4/c1-23(2,3)31-26-17-8-10-25(29)19-14-16-6-7-18(28)21-20(16)24(25,22(17)30-21)11-13-27(19)12-9-15-4-5-15/h6-7,15,19,22,28-29H,4-5,8-14H2,1-3H3/t19-,22+,24+,25?/m1/s1. The number of aliphatic hydroxyl groups is 1. The van der Waals surface area contributed by atoms with Crippen molar-refractivity contribution in [1.82, 2.24) is 4.90 Å². The summed E-state index contributed by atoms with van der Waals surface area (Å²) in [6, 6.07) is 3.87. The Morgan fingerprint density at radius 1 is 1.26 bits per heavy atom. The zero-order valence-electron chi connectivity index (χ0n) is 18.9. The zero-order chi connectivity index (χ0) is 21.6. The smallest absolute Gasteiger partial charge is 0.166 e. The number of hydrogen-bond acceptors (Lipinski definition) is 6. The fourth-order valence-corrected chi connectivity index (χ4v) is 6.74. The summed E-state index contributed by atoms with van der Waals surface area (Å²) >= 11 is 0. The quantitative estimate of drug-likeness (QED) is 0.721. The number of hydrogen-bond donors (Lipinski definition) is 2. The van der Waals surface area contributed by atoms with Crippen molar-refractivity contribution in [2.45, 2.75) is 94.5 Å². The fourth-order valence-electron chi connectivity index (χ4n) is 6.74.